The Balaban J connectivity index is 1.98. The van der Waals surface area contributed by atoms with Gasteiger partial charge in [-0.2, -0.15) is 0 Å². The fourth-order valence-electron chi connectivity index (χ4n) is 4.45. The maximum atomic E-state index is 4.15. The molecule has 0 nitrogen and oxygen atoms in total. The summed E-state index contributed by atoms with van der Waals surface area (Å²) in [6.07, 6.45) is 30.5. The molecule has 0 aliphatic heterocycles. The van der Waals surface area contributed by atoms with Gasteiger partial charge >= 0.3 is 0 Å². The van der Waals surface area contributed by atoms with Crippen molar-refractivity contribution in [3.8, 4) is 0 Å². The first kappa shape index (κ1) is 19.2. The predicted molar refractivity (Wildman–Crippen MR) is 126 cm³/mol. The van der Waals surface area contributed by atoms with Gasteiger partial charge in [0, 0.05) is 0 Å². The second kappa shape index (κ2) is 7.72. The molecule has 4 rings (SSSR count). The minimum atomic E-state index is -0.344. The molecule has 4 aliphatic rings. The summed E-state index contributed by atoms with van der Waals surface area (Å²) in [5, 5.41) is 0. The Morgan fingerprint density at radius 2 is 0.655 bits per heavy atom. The van der Waals surface area contributed by atoms with Crippen molar-refractivity contribution in [1.29, 1.82) is 0 Å². The van der Waals surface area contributed by atoms with Gasteiger partial charge in [0.25, 0.3) is 0 Å². The lowest BCUT2D eigenvalue weighted by molar-refractivity contribution is 0.649. The van der Waals surface area contributed by atoms with Crippen LogP contribution in [0, 0.1) is 5.41 Å². The molecule has 0 aromatic carbocycles. The Bertz CT molecular complexity index is 874. The highest BCUT2D eigenvalue weighted by Crippen LogP contribution is 2.54. The van der Waals surface area contributed by atoms with Crippen molar-refractivity contribution in [1.82, 2.24) is 0 Å². The molecule has 0 fully saturated rings. The van der Waals surface area contributed by atoms with Gasteiger partial charge in [-0.25, -0.2) is 0 Å². The van der Waals surface area contributed by atoms with Crippen molar-refractivity contribution in [3.63, 3.8) is 0 Å². The van der Waals surface area contributed by atoms with Crippen LogP contribution in [0.5, 0.6) is 0 Å². The van der Waals surface area contributed by atoms with Crippen molar-refractivity contribution in [2.75, 3.05) is 0 Å². The molecule has 0 saturated carbocycles. The molecular formula is C29H28. The van der Waals surface area contributed by atoms with E-state index in [0.717, 1.165) is 48.0 Å². The summed E-state index contributed by atoms with van der Waals surface area (Å²) in [6, 6.07) is 0. The molecule has 4 aliphatic carbocycles. The third kappa shape index (κ3) is 3.51. The van der Waals surface area contributed by atoms with Crippen molar-refractivity contribution in [3.05, 3.63) is 144 Å². The Morgan fingerprint density at radius 1 is 0.414 bits per heavy atom. The van der Waals surface area contributed by atoms with Crippen LogP contribution in [0.25, 0.3) is 0 Å². The predicted octanol–water partition coefficient (Wildman–Crippen LogP) is 7.74. The monoisotopic (exact) mass is 376 g/mol. The van der Waals surface area contributed by atoms with Gasteiger partial charge in [0.15, 0.2) is 0 Å². The molecule has 0 saturated heterocycles. The molecule has 0 aromatic rings. The molecule has 0 unspecified atom stereocenters. The van der Waals surface area contributed by atoms with Crippen molar-refractivity contribution in [2.45, 2.75) is 25.7 Å². The first-order chi connectivity index (χ1) is 14.0. The normalized spacial score (nSPS) is 21.8. The summed E-state index contributed by atoms with van der Waals surface area (Å²) in [4.78, 5) is 0. The summed E-state index contributed by atoms with van der Waals surface area (Å²) in [6.45, 7) is 16.6. The molecule has 0 spiro atoms. The molecule has 0 atom stereocenters. The minimum Gasteiger partial charge on any atom is -0.0955 e. The van der Waals surface area contributed by atoms with Gasteiger partial charge in [0.2, 0.25) is 0 Å². The van der Waals surface area contributed by atoms with Crippen LogP contribution in [0.1, 0.15) is 25.7 Å². The fraction of sp³-hybridized carbons (Fsp3) is 0.172. The summed E-state index contributed by atoms with van der Waals surface area (Å²) < 4.78 is 0. The zero-order valence-corrected chi connectivity index (χ0v) is 17.1. The average molecular weight is 377 g/mol. The SMILES string of the molecule is C=C1C=CC(C(C2=CCC(=C)C=C2)(C2=CCC(=C)C=C2)C2=CCC(=C)C=C2)=CC1. The van der Waals surface area contributed by atoms with Crippen LogP contribution in [-0.4, -0.2) is 0 Å². The van der Waals surface area contributed by atoms with Gasteiger partial charge in [-0.15, -0.1) is 0 Å². The van der Waals surface area contributed by atoms with Gasteiger partial charge in [-0.3, -0.25) is 0 Å². The van der Waals surface area contributed by atoms with E-state index < -0.39 is 0 Å². The minimum absolute atomic E-state index is 0.344. The topological polar surface area (TPSA) is 0 Å². The zero-order chi connectivity index (χ0) is 20.4. The fourth-order valence-corrected chi connectivity index (χ4v) is 4.45. The Morgan fingerprint density at radius 3 is 0.828 bits per heavy atom. The van der Waals surface area contributed by atoms with E-state index in [1.807, 2.05) is 0 Å². The second-order valence-corrected chi connectivity index (χ2v) is 8.17. The number of rotatable bonds is 4. The Hall–Kier alpha value is -3.12. The lowest BCUT2D eigenvalue weighted by Crippen LogP contribution is -2.31. The molecule has 144 valence electrons. The highest BCUT2D eigenvalue weighted by Gasteiger charge is 2.42. The molecule has 0 heteroatoms. The molecular weight excluding hydrogens is 348 g/mol. The van der Waals surface area contributed by atoms with Crippen LogP contribution in [0.15, 0.2) is 144 Å². The van der Waals surface area contributed by atoms with Crippen LogP contribution in [-0.2, 0) is 0 Å². The third-order valence-corrected chi connectivity index (χ3v) is 6.06. The van der Waals surface area contributed by atoms with E-state index in [0.29, 0.717) is 0 Å². The lowest BCUT2D eigenvalue weighted by atomic mass is 9.59. The third-order valence-electron chi connectivity index (χ3n) is 6.06. The van der Waals surface area contributed by atoms with Gasteiger partial charge < -0.3 is 0 Å². The van der Waals surface area contributed by atoms with Crippen LogP contribution < -0.4 is 0 Å². The van der Waals surface area contributed by atoms with E-state index in [-0.39, 0.29) is 5.41 Å². The zero-order valence-electron chi connectivity index (χ0n) is 17.1. The van der Waals surface area contributed by atoms with E-state index in [4.69, 9.17) is 0 Å². The summed E-state index contributed by atoms with van der Waals surface area (Å²) in [7, 11) is 0. The van der Waals surface area contributed by atoms with Crippen molar-refractivity contribution < 1.29 is 0 Å². The van der Waals surface area contributed by atoms with Crippen molar-refractivity contribution >= 4 is 0 Å². The summed E-state index contributed by atoms with van der Waals surface area (Å²) in [5.41, 5.74) is 9.46. The first-order valence-corrected chi connectivity index (χ1v) is 10.3. The summed E-state index contributed by atoms with van der Waals surface area (Å²) in [5.74, 6) is 0. The standard InChI is InChI=1S/C29H28/c1-21-5-13-25(14-6-21)29(26-15-7-22(2)8-16-26,27-17-9-23(3)10-18-27)28-19-11-24(4)12-20-28/h5,7,9,11,13-20H,1-4,6,8,10,12H2. The molecule has 0 heterocycles. The Labute approximate surface area is 175 Å². The number of hydrogen-bond donors (Lipinski definition) is 0. The lowest BCUT2D eigenvalue weighted by Gasteiger charge is -2.43. The van der Waals surface area contributed by atoms with E-state index in [2.05, 4.69) is 99.2 Å². The molecule has 0 radical (unpaired) electrons. The van der Waals surface area contributed by atoms with Crippen molar-refractivity contribution in [2.24, 2.45) is 5.41 Å². The van der Waals surface area contributed by atoms with Gasteiger partial charge in [0.1, 0.15) is 0 Å². The molecule has 0 N–H and O–H groups in total. The summed E-state index contributed by atoms with van der Waals surface area (Å²) >= 11 is 0. The van der Waals surface area contributed by atoms with E-state index in [1.165, 1.54) is 22.3 Å². The van der Waals surface area contributed by atoms with Crippen LogP contribution >= 0.6 is 0 Å². The van der Waals surface area contributed by atoms with Gasteiger partial charge in [-0.05, 0) is 48.0 Å². The molecule has 29 heavy (non-hydrogen) atoms. The van der Waals surface area contributed by atoms with Gasteiger partial charge in [-0.1, -0.05) is 122 Å². The maximum absolute atomic E-state index is 4.15. The molecule has 0 aromatic heterocycles. The van der Waals surface area contributed by atoms with Crippen LogP contribution in [0.3, 0.4) is 0 Å². The maximum Gasteiger partial charge on any atom is 0.0689 e. The second-order valence-electron chi connectivity index (χ2n) is 8.17. The van der Waals surface area contributed by atoms with E-state index in [9.17, 15) is 0 Å². The van der Waals surface area contributed by atoms with E-state index >= 15 is 0 Å². The molecule has 0 amide bonds. The van der Waals surface area contributed by atoms with Crippen LogP contribution in [0.4, 0.5) is 0 Å². The highest BCUT2D eigenvalue weighted by molar-refractivity contribution is 5.66. The highest BCUT2D eigenvalue weighted by atomic mass is 14.4. The Kier molecular flexibility index (Phi) is 5.11. The largest absolute Gasteiger partial charge is 0.0955 e. The smallest absolute Gasteiger partial charge is 0.0689 e. The molecule has 0 bridgehead atoms. The van der Waals surface area contributed by atoms with E-state index in [1.54, 1.807) is 0 Å². The number of hydrogen-bond acceptors (Lipinski definition) is 0. The quantitative estimate of drug-likeness (QED) is 0.470. The van der Waals surface area contributed by atoms with Crippen LogP contribution in [0.2, 0.25) is 0 Å². The van der Waals surface area contributed by atoms with Gasteiger partial charge in [0.05, 0.1) is 5.41 Å². The number of allylic oxidation sites excluding steroid dienone is 20. The first-order valence-electron chi connectivity index (χ1n) is 10.3. The average Bonchev–Trinajstić information content (AvgIpc) is 2.73.